The maximum absolute atomic E-state index is 11.1. The molecular weight excluding hydrogens is 190 g/mol. The molecule has 1 N–H and O–H groups in total. The first-order valence-corrected chi connectivity index (χ1v) is 4.95. The number of carboxylic acids is 1. The monoisotopic (exact) mass is 203 g/mol. The van der Waals surface area contributed by atoms with Gasteiger partial charge in [-0.05, 0) is 18.1 Å². The molecule has 2 aromatic rings. The Bertz CT molecular complexity index is 526. The van der Waals surface area contributed by atoms with Gasteiger partial charge in [0.25, 0.3) is 0 Å². The Morgan fingerprint density at radius 1 is 1.47 bits per heavy atom. The van der Waals surface area contributed by atoms with Crippen LogP contribution in [-0.2, 0) is 13.5 Å². The second kappa shape index (κ2) is 3.42. The molecule has 1 heterocycles. The lowest BCUT2D eigenvalue weighted by atomic mass is 10.0. The molecule has 1 aromatic carbocycles. The minimum absolute atomic E-state index is 0.393. The van der Waals surface area contributed by atoms with Crippen molar-refractivity contribution in [3.63, 3.8) is 0 Å². The van der Waals surface area contributed by atoms with Gasteiger partial charge in [-0.1, -0.05) is 19.1 Å². The zero-order valence-electron chi connectivity index (χ0n) is 8.82. The third kappa shape index (κ3) is 1.40. The van der Waals surface area contributed by atoms with Crippen molar-refractivity contribution in [3.8, 4) is 0 Å². The fourth-order valence-corrected chi connectivity index (χ4v) is 1.98. The zero-order chi connectivity index (χ0) is 11.0. The summed E-state index contributed by atoms with van der Waals surface area (Å²) in [5.74, 6) is -0.860. The summed E-state index contributed by atoms with van der Waals surface area (Å²) in [6.07, 6.45) is 2.52. The molecule has 0 aliphatic carbocycles. The van der Waals surface area contributed by atoms with Gasteiger partial charge in [0.05, 0.1) is 5.56 Å². The normalized spacial score (nSPS) is 10.8. The number of fused-ring (bicyclic) bond motifs is 1. The molecule has 0 fully saturated rings. The molecule has 3 heteroatoms. The van der Waals surface area contributed by atoms with Crippen LogP contribution in [0.1, 0.15) is 22.8 Å². The molecule has 0 saturated heterocycles. The molecule has 3 nitrogen and oxygen atoms in total. The quantitative estimate of drug-likeness (QED) is 0.814. The van der Waals surface area contributed by atoms with E-state index < -0.39 is 5.97 Å². The fraction of sp³-hybridized carbons (Fsp3) is 0.250. The molecule has 2 rings (SSSR count). The highest BCUT2D eigenvalue weighted by Gasteiger charge is 2.14. The van der Waals surface area contributed by atoms with Crippen LogP contribution in [0.4, 0.5) is 0 Å². The molecule has 0 aliphatic heterocycles. The van der Waals surface area contributed by atoms with Gasteiger partial charge >= 0.3 is 5.97 Å². The van der Waals surface area contributed by atoms with Crippen LogP contribution in [0.2, 0.25) is 0 Å². The van der Waals surface area contributed by atoms with Crippen molar-refractivity contribution in [2.45, 2.75) is 13.3 Å². The Balaban J connectivity index is 2.88. The Morgan fingerprint density at radius 3 is 2.80 bits per heavy atom. The first kappa shape index (κ1) is 9.77. The molecule has 78 valence electrons. The van der Waals surface area contributed by atoms with Crippen molar-refractivity contribution >= 4 is 16.9 Å². The van der Waals surface area contributed by atoms with Crippen molar-refractivity contribution in [1.82, 2.24) is 4.57 Å². The average molecular weight is 203 g/mol. The van der Waals surface area contributed by atoms with Crippen LogP contribution < -0.4 is 0 Å². The summed E-state index contributed by atoms with van der Waals surface area (Å²) in [6, 6.07) is 5.89. The molecule has 0 radical (unpaired) electrons. The molecule has 0 unspecified atom stereocenters. The zero-order valence-corrected chi connectivity index (χ0v) is 8.82. The lowest BCUT2D eigenvalue weighted by molar-refractivity contribution is 0.0699. The van der Waals surface area contributed by atoms with Crippen molar-refractivity contribution < 1.29 is 9.90 Å². The second-order valence-corrected chi connectivity index (χ2v) is 3.62. The van der Waals surface area contributed by atoms with E-state index in [0.717, 1.165) is 22.9 Å². The van der Waals surface area contributed by atoms with E-state index in [2.05, 4.69) is 0 Å². The van der Waals surface area contributed by atoms with Crippen molar-refractivity contribution in [2.75, 3.05) is 0 Å². The number of carboxylic acid groups (broad SMARTS) is 1. The summed E-state index contributed by atoms with van der Waals surface area (Å²) >= 11 is 0. The Hall–Kier alpha value is -1.77. The van der Waals surface area contributed by atoms with Gasteiger partial charge in [-0.25, -0.2) is 4.79 Å². The summed E-state index contributed by atoms with van der Waals surface area (Å²) in [7, 11) is 1.87. The summed E-state index contributed by atoms with van der Waals surface area (Å²) in [5, 5.41) is 9.97. The molecule has 0 spiro atoms. The number of carbonyl (C=O) groups is 1. The smallest absolute Gasteiger partial charge is 0.337 e. The number of aryl methyl sites for hydroxylation is 2. The Labute approximate surface area is 87.9 Å². The second-order valence-electron chi connectivity index (χ2n) is 3.62. The molecule has 0 atom stereocenters. The van der Waals surface area contributed by atoms with Gasteiger partial charge in [0.1, 0.15) is 0 Å². The van der Waals surface area contributed by atoms with Crippen LogP contribution in [0.3, 0.4) is 0 Å². The molecule has 15 heavy (non-hydrogen) atoms. The van der Waals surface area contributed by atoms with E-state index in [9.17, 15) is 4.79 Å². The number of rotatable bonds is 2. The fourth-order valence-electron chi connectivity index (χ4n) is 1.98. The summed E-state index contributed by atoms with van der Waals surface area (Å²) in [4.78, 5) is 11.1. The highest BCUT2D eigenvalue weighted by atomic mass is 16.4. The van der Waals surface area contributed by atoms with Crippen molar-refractivity contribution in [2.24, 2.45) is 7.05 Å². The number of aromatic carboxylic acids is 1. The van der Waals surface area contributed by atoms with Crippen molar-refractivity contribution in [1.29, 1.82) is 0 Å². The topological polar surface area (TPSA) is 42.2 Å². The number of benzene rings is 1. The van der Waals surface area contributed by atoms with Crippen molar-refractivity contribution in [3.05, 3.63) is 35.5 Å². The molecule has 0 amide bonds. The third-order valence-electron chi connectivity index (χ3n) is 2.71. The van der Waals surface area contributed by atoms with E-state index in [4.69, 9.17) is 5.11 Å². The van der Waals surface area contributed by atoms with E-state index in [0.29, 0.717) is 5.56 Å². The molecule has 1 aromatic heterocycles. The van der Waals surface area contributed by atoms with Gasteiger partial charge in [0.15, 0.2) is 0 Å². The lowest BCUT2D eigenvalue weighted by Crippen LogP contribution is -1.95. The summed E-state index contributed by atoms with van der Waals surface area (Å²) < 4.78 is 1.86. The molecular formula is C12H13NO2. The number of hydrogen-bond donors (Lipinski definition) is 1. The lowest BCUT2D eigenvalue weighted by Gasteiger charge is -2.01. The van der Waals surface area contributed by atoms with E-state index in [-0.39, 0.29) is 0 Å². The first-order valence-electron chi connectivity index (χ1n) is 4.95. The number of nitrogens with zero attached hydrogens (tertiary/aromatic N) is 1. The SMILES string of the molecule is CCc1cccc2c1c(C(=O)O)cn2C. The summed E-state index contributed by atoms with van der Waals surface area (Å²) in [6.45, 7) is 2.04. The highest BCUT2D eigenvalue weighted by molar-refractivity contribution is 6.04. The minimum Gasteiger partial charge on any atom is -0.478 e. The third-order valence-corrected chi connectivity index (χ3v) is 2.71. The van der Waals surface area contributed by atoms with Gasteiger partial charge in [0.2, 0.25) is 0 Å². The Morgan fingerprint density at radius 2 is 2.20 bits per heavy atom. The number of aromatic nitrogens is 1. The first-order chi connectivity index (χ1) is 7.15. The van der Waals surface area contributed by atoms with Crippen LogP contribution in [0.15, 0.2) is 24.4 Å². The molecule has 0 saturated carbocycles. The largest absolute Gasteiger partial charge is 0.478 e. The Kier molecular flexibility index (Phi) is 2.23. The van der Waals surface area contributed by atoms with E-state index in [1.54, 1.807) is 6.20 Å². The van der Waals surface area contributed by atoms with Crippen LogP contribution in [0.25, 0.3) is 10.9 Å². The van der Waals surface area contributed by atoms with Gasteiger partial charge in [-0.15, -0.1) is 0 Å². The average Bonchev–Trinajstić information content (AvgIpc) is 2.56. The summed E-state index contributed by atoms with van der Waals surface area (Å²) in [5.41, 5.74) is 2.46. The molecule has 0 bridgehead atoms. The van der Waals surface area contributed by atoms with Crippen LogP contribution >= 0.6 is 0 Å². The van der Waals surface area contributed by atoms with Gasteiger partial charge in [0, 0.05) is 24.1 Å². The highest BCUT2D eigenvalue weighted by Crippen LogP contribution is 2.24. The van der Waals surface area contributed by atoms with E-state index >= 15 is 0 Å². The number of hydrogen-bond acceptors (Lipinski definition) is 1. The van der Waals surface area contributed by atoms with Crippen LogP contribution in [0, 0.1) is 0 Å². The predicted molar refractivity (Wildman–Crippen MR) is 59.3 cm³/mol. The van der Waals surface area contributed by atoms with Gasteiger partial charge < -0.3 is 9.67 Å². The maximum Gasteiger partial charge on any atom is 0.337 e. The maximum atomic E-state index is 11.1. The molecule has 0 aliphatic rings. The van der Waals surface area contributed by atoms with E-state index in [1.165, 1.54) is 0 Å². The van der Waals surface area contributed by atoms with E-state index in [1.807, 2.05) is 36.7 Å². The van der Waals surface area contributed by atoms with Crippen LogP contribution in [-0.4, -0.2) is 15.6 Å². The van der Waals surface area contributed by atoms with Crippen LogP contribution in [0.5, 0.6) is 0 Å². The minimum atomic E-state index is -0.860. The standard InChI is InChI=1S/C12H13NO2/c1-3-8-5-4-6-10-11(8)9(12(14)15)7-13(10)2/h4-7H,3H2,1-2H3,(H,14,15). The van der Waals surface area contributed by atoms with Gasteiger partial charge in [-0.3, -0.25) is 0 Å². The predicted octanol–water partition coefficient (Wildman–Crippen LogP) is 2.44. The van der Waals surface area contributed by atoms with Gasteiger partial charge in [-0.2, -0.15) is 0 Å².